The third kappa shape index (κ3) is 6.04. The van der Waals surface area contributed by atoms with Crippen LogP contribution in [0, 0.1) is 0 Å². The van der Waals surface area contributed by atoms with Crippen molar-refractivity contribution in [3.8, 4) is 67.3 Å². The molecule has 0 unspecified atom stereocenters. The average Bonchev–Trinajstić information content (AvgIpc) is 3.67. The molecule has 3 aromatic heterocycles. The standard InChI is InChI=1S/C53H33N3S/c1-2-13-43-40(9-1)31-47(45-15-4-3-14-44(43)45)35-20-24-37(25-21-35)50-32-49(55-53(56-50)41-11-7-10-38(29-41)42-12-8-28-54-33-42)36-22-18-34(19-23-36)39-26-27-52-48(30-39)46-16-5-6-17-51(46)57-52/h1-33H. The number of hydrogen-bond acceptors (Lipinski definition) is 4. The summed E-state index contributed by atoms with van der Waals surface area (Å²) in [5.74, 6) is 0.678. The highest BCUT2D eigenvalue weighted by atomic mass is 32.1. The van der Waals surface area contributed by atoms with E-state index in [0.29, 0.717) is 5.82 Å². The van der Waals surface area contributed by atoms with Crippen LogP contribution in [-0.2, 0) is 0 Å². The number of pyridine rings is 1. The van der Waals surface area contributed by atoms with Crippen LogP contribution >= 0.6 is 11.3 Å². The van der Waals surface area contributed by atoms with E-state index in [1.165, 1.54) is 64.0 Å². The topological polar surface area (TPSA) is 38.7 Å². The lowest BCUT2D eigenvalue weighted by molar-refractivity contribution is 1.18. The number of rotatable bonds is 6. The van der Waals surface area contributed by atoms with E-state index in [-0.39, 0.29) is 0 Å². The highest BCUT2D eigenvalue weighted by Crippen LogP contribution is 2.39. The van der Waals surface area contributed by atoms with Gasteiger partial charge in [0.25, 0.3) is 0 Å². The van der Waals surface area contributed by atoms with Gasteiger partial charge in [0.15, 0.2) is 5.82 Å². The Kier molecular flexibility index (Phi) is 8.01. The van der Waals surface area contributed by atoms with Crippen molar-refractivity contribution in [3.05, 3.63) is 200 Å². The molecule has 0 aliphatic heterocycles. The third-order valence-corrected chi connectivity index (χ3v) is 12.1. The predicted molar refractivity (Wildman–Crippen MR) is 240 cm³/mol. The van der Waals surface area contributed by atoms with Crippen LogP contribution < -0.4 is 0 Å². The molecule has 0 aliphatic rings. The smallest absolute Gasteiger partial charge is 0.160 e. The van der Waals surface area contributed by atoms with Gasteiger partial charge in [-0.05, 0) is 91.8 Å². The summed E-state index contributed by atoms with van der Waals surface area (Å²) in [5, 5.41) is 7.63. The summed E-state index contributed by atoms with van der Waals surface area (Å²) in [6.45, 7) is 0. The van der Waals surface area contributed by atoms with E-state index in [9.17, 15) is 0 Å². The van der Waals surface area contributed by atoms with Crippen LogP contribution in [0.4, 0.5) is 0 Å². The Morgan fingerprint density at radius 1 is 0.333 bits per heavy atom. The van der Waals surface area contributed by atoms with Gasteiger partial charge in [0.2, 0.25) is 0 Å². The van der Waals surface area contributed by atoms with Gasteiger partial charge < -0.3 is 0 Å². The Morgan fingerprint density at radius 2 is 0.930 bits per heavy atom. The van der Waals surface area contributed by atoms with Crippen molar-refractivity contribution in [1.82, 2.24) is 15.0 Å². The maximum absolute atomic E-state index is 5.22. The molecule has 0 amide bonds. The second-order valence-electron chi connectivity index (χ2n) is 14.4. The minimum Gasteiger partial charge on any atom is -0.264 e. The molecule has 266 valence electrons. The lowest BCUT2D eigenvalue weighted by Crippen LogP contribution is -1.96. The fourth-order valence-corrected chi connectivity index (χ4v) is 9.18. The first-order valence-electron chi connectivity index (χ1n) is 19.2. The van der Waals surface area contributed by atoms with Crippen molar-refractivity contribution in [1.29, 1.82) is 0 Å². The normalized spacial score (nSPS) is 11.5. The summed E-state index contributed by atoms with van der Waals surface area (Å²) in [4.78, 5) is 14.8. The number of thiophene rings is 1. The molecule has 3 heterocycles. The van der Waals surface area contributed by atoms with Crippen molar-refractivity contribution in [2.24, 2.45) is 0 Å². The van der Waals surface area contributed by atoms with Crippen molar-refractivity contribution in [2.45, 2.75) is 0 Å². The first-order chi connectivity index (χ1) is 28.2. The largest absolute Gasteiger partial charge is 0.264 e. The van der Waals surface area contributed by atoms with E-state index in [1.54, 1.807) is 6.20 Å². The zero-order valence-corrected chi connectivity index (χ0v) is 31.6. The molecule has 11 rings (SSSR count). The molecular formula is C53H33N3S. The van der Waals surface area contributed by atoms with Gasteiger partial charge in [-0.15, -0.1) is 11.3 Å². The minimum atomic E-state index is 0.678. The van der Waals surface area contributed by atoms with Crippen LogP contribution in [0.3, 0.4) is 0 Å². The van der Waals surface area contributed by atoms with Gasteiger partial charge in [-0.25, -0.2) is 9.97 Å². The molecular weight excluding hydrogens is 711 g/mol. The van der Waals surface area contributed by atoms with Gasteiger partial charge in [0, 0.05) is 54.8 Å². The van der Waals surface area contributed by atoms with E-state index >= 15 is 0 Å². The summed E-state index contributed by atoms with van der Waals surface area (Å²) in [5.41, 5.74) is 11.7. The fraction of sp³-hybridized carbons (Fsp3) is 0. The van der Waals surface area contributed by atoms with Gasteiger partial charge in [0.1, 0.15) is 0 Å². The average molecular weight is 744 g/mol. The number of benzene rings is 8. The van der Waals surface area contributed by atoms with Gasteiger partial charge in [-0.2, -0.15) is 0 Å². The van der Waals surface area contributed by atoms with Crippen LogP contribution in [0.1, 0.15) is 0 Å². The van der Waals surface area contributed by atoms with Crippen molar-refractivity contribution < 1.29 is 0 Å². The van der Waals surface area contributed by atoms with Crippen LogP contribution in [0.2, 0.25) is 0 Å². The Morgan fingerprint density at radius 3 is 1.70 bits per heavy atom. The molecule has 0 spiro atoms. The Balaban J connectivity index is 1.00. The van der Waals surface area contributed by atoms with E-state index in [2.05, 4.69) is 187 Å². The third-order valence-electron chi connectivity index (χ3n) is 11.0. The van der Waals surface area contributed by atoms with Crippen LogP contribution in [0.25, 0.3) is 109 Å². The zero-order chi connectivity index (χ0) is 37.7. The lowest BCUT2D eigenvalue weighted by atomic mass is 9.92. The Labute approximate surface area is 334 Å². The molecule has 4 heteroatoms. The quantitative estimate of drug-likeness (QED) is 0.159. The summed E-state index contributed by atoms with van der Waals surface area (Å²) in [6.07, 6.45) is 3.69. The van der Waals surface area contributed by atoms with Gasteiger partial charge in [-0.3, -0.25) is 4.98 Å². The number of hydrogen-bond donors (Lipinski definition) is 0. The second-order valence-corrected chi connectivity index (χ2v) is 15.5. The maximum Gasteiger partial charge on any atom is 0.160 e. The Bertz CT molecular complexity index is 3280. The summed E-state index contributed by atoms with van der Waals surface area (Å²) in [6, 6.07) is 67.3. The zero-order valence-electron chi connectivity index (χ0n) is 30.8. The van der Waals surface area contributed by atoms with Crippen molar-refractivity contribution >= 4 is 53.1 Å². The van der Waals surface area contributed by atoms with E-state index in [1.807, 2.05) is 23.6 Å². The van der Waals surface area contributed by atoms with Crippen molar-refractivity contribution in [2.75, 3.05) is 0 Å². The van der Waals surface area contributed by atoms with Gasteiger partial charge in [-0.1, -0.05) is 146 Å². The molecule has 8 aromatic carbocycles. The summed E-state index contributed by atoms with van der Waals surface area (Å²) < 4.78 is 2.63. The lowest BCUT2D eigenvalue weighted by Gasteiger charge is -2.13. The highest BCUT2D eigenvalue weighted by molar-refractivity contribution is 7.25. The van der Waals surface area contributed by atoms with Crippen molar-refractivity contribution in [3.63, 3.8) is 0 Å². The SMILES string of the molecule is c1cncc(-c2cccc(-c3nc(-c4ccc(-c5ccc6sc7ccccc7c6c5)cc4)cc(-c4ccc(-c5cc6ccccc6c6ccccc56)cc4)n3)c2)c1. The summed E-state index contributed by atoms with van der Waals surface area (Å²) >= 11 is 1.85. The molecule has 3 nitrogen and oxygen atoms in total. The monoisotopic (exact) mass is 743 g/mol. The van der Waals surface area contributed by atoms with Gasteiger partial charge in [0.05, 0.1) is 11.4 Å². The van der Waals surface area contributed by atoms with Gasteiger partial charge >= 0.3 is 0 Å². The Hall–Kier alpha value is -7.27. The van der Waals surface area contributed by atoms with Crippen LogP contribution in [0.15, 0.2) is 200 Å². The molecule has 0 aliphatic carbocycles. The first kappa shape index (κ1) is 33.1. The maximum atomic E-state index is 5.22. The van der Waals surface area contributed by atoms with Crippen LogP contribution in [-0.4, -0.2) is 15.0 Å². The first-order valence-corrected chi connectivity index (χ1v) is 20.0. The number of nitrogens with zero attached hydrogens (tertiary/aromatic N) is 3. The molecule has 11 aromatic rings. The number of fused-ring (bicyclic) bond motifs is 6. The van der Waals surface area contributed by atoms with E-state index < -0.39 is 0 Å². The predicted octanol–water partition coefficient (Wildman–Crippen LogP) is 14.5. The number of aromatic nitrogens is 3. The molecule has 0 N–H and O–H groups in total. The molecule has 57 heavy (non-hydrogen) atoms. The molecule has 0 fully saturated rings. The summed E-state index contributed by atoms with van der Waals surface area (Å²) in [7, 11) is 0. The molecule has 0 saturated carbocycles. The molecule has 0 radical (unpaired) electrons. The van der Waals surface area contributed by atoms with Crippen LogP contribution in [0.5, 0.6) is 0 Å². The minimum absolute atomic E-state index is 0.678. The van der Waals surface area contributed by atoms with E-state index in [4.69, 9.17) is 9.97 Å². The second kappa shape index (κ2) is 13.8. The molecule has 0 bridgehead atoms. The molecule has 0 saturated heterocycles. The molecule has 0 atom stereocenters. The van der Waals surface area contributed by atoms with E-state index in [0.717, 1.165) is 39.2 Å². The fourth-order valence-electron chi connectivity index (χ4n) is 8.10. The highest BCUT2D eigenvalue weighted by Gasteiger charge is 2.14.